The van der Waals surface area contributed by atoms with Gasteiger partial charge in [0.2, 0.25) is 5.78 Å². The van der Waals surface area contributed by atoms with Crippen molar-refractivity contribution in [1.82, 2.24) is 0 Å². The minimum atomic E-state index is -3.43. The highest BCUT2D eigenvalue weighted by Crippen LogP contribution is 2.28. The second-order valence-electron chi connectivity index (χ2n) is 4.83. The average molecular weight is 220 g/mol. The van der Waals surface area contributed by atoms with Gasteiger partial charge in [-0.3, -0.25) is 9.59 Å². The number of halogens is 2. The van der Waals surface area contributed by atoms with Crippen molar-refractivity contribution in [3.63, 3.8) is 0 Å². The molecule has 0 saturated heterocycles. The van der Waals surface area contributed by atoms with Crippen molar-refractivity contribution in [2.75, 3.05) is 0 Å². The maximum absolute atomic E-state index is 12.8. The maximum atomic E-state index is 12.8. The lowest BCUT2D eigenvalue weighted by molar-refractivity contribution is -0.151. The number of carbonyl (C=O) groups is 2. The van der Waals surface area contributed by atoms with Gasteiger partial charge in [-0.2, -0.15) is 8.78 Å². The molecule has 4 heteroatoms. The Kier molecular flexibility index (Phi) is 4.14. The summed E-state index contributed by atoms with van der Waals surface area (Å²) in [6.45, 7) is 6.98. The molecule has 0 heterocycles. The third-order valence-electron chi connectivity index (χ3n) is 2.21. The number of hydrogen-bond donors (Lipinski definition) is 0. The van der Waals surface area contributed by atoms with Gasteiger partial charge < -0.3 is 0 Å². The predicted molar refractivity (Wildman–Crippen MR) is 53.9 cm³/mol. The van der Waals surface area contributed by atoms with Crippen LogP contribution in [0.2, 0.25) is 0 Å². The fraction of sp³-hybridized carbons (Fsp3) is 0.818. The number of ketones is 2. The van der Waals surface area contributed by atoms with Gasteiger partial charge in [-0.1, -0.05) is 27.7 Å². The summed E-state index contributed by atoms with van der Waals surface area (Å²) >= 11 is 0. The van der Waals surface area contributed by atoms with E-state index in [0.29, 0.717) is 6.92 Å². The number of hydrogen-bond acceptors (Lipinski definition) is 2. The van der Waals surface area contributed by atoms with Crippen LogP contribution in [0, 0.1) is 11.3 Å². The number of Topliss-reactive ketones (excluding diaryl/α,β-unsaturated/α-hetero) is 2. The van der Waals surface area contributed by atoms with Gasteiger partial charge >= 0.3 is 5.92 Å². The van der Waals surface area contributed by atoms with Gasteiger partial charge in [0, 0.05) is 12.3 Å². The van der Waals surface area contributed by atoms with E-state index >= 15 is 0 Å². The predicted octanol–water partition coefficient (Wildman–Crippen LogP) is 2.85. The van der Waals surface area contributed by atoms with E-state index in [9.17, 15) is 18.4 Å². The van der Waals surface area contributed by atoms with Crippen LogP contribution in [0.5, 0.6) is 0 Å². The Hall–Kier alpha value is -0.800. The SMILES string of the molecule is CCC(C(=O)C(C)(C)C)C(=O)C(C)(F)F. The lowest BCUT2D eigenvalue weighted by Crippen LogP contribution is -2.40. The van der Waals surface area contributed by atoms with Crippen molar-refractivity contribution in [2.45, 2.75) is 47.0 Å². The summed E-state index contributed by atoms with van der Waals surface area (Å²) in [6, 6.07) is 0. The summed E-state index contributed by atoms with van der Waals surface area (Å²) in [7, 11) is 0. The quantitative estimate of drug-likeness (QED) is 0.683. The summed E-state index contributed by atoms with van der Waals surface area (Å²) in [5.74, 6) is -6.31. The lowest BCUT2D eigenvalue weighted by Gasteiger charge is -2.24. The average Bonchev–Trinajstić information content (AvgIpc) is 2.01. The van der Waals surface area contributed by atoms with Crippen molar-refractivity contribution in [1.29, 1.82) is 0 Å². The van der Waals surface area contributed by atoms with Gasteiger partial charge in [0.25, 0.3) is 0 Å². The van der Waals surface area contributed by atoms with Crippen LogP contribution in [0.1, 0.15) is 41.0 Å². The molecule has 0 aliphatic carbocycles. The van der Waals surface area contributed by atoms with Crippen molar-refractivity contribution in [3.05, 3.63) is 0 Å². The second-order valence-corrected chi connectivity index (χ2v) is 4.83. The van der Waals surface area contributed by atoms with Gasteiger partial charge in [-0.05, 0) is 6.42 Å². The van der Waals surface area contributed by atoms with E-state index in [1.54, 1.807) is 27.7 Å². The molecule has 0 aromatic carbocycles. The van der Waals surface area contributed by atoms with E-state index in [4.69, 9.17) is 0 Å². The van der Waals surface area contributed by atoms with Gasteiger partial charge in [0.05, 0.1) is 5.92 Å². The molecule has 0 saturated carbocycles. The molecule has 0 aliphatic rings. The second kappa shape index (κ2) is 4.37. The third kappa shape index (κ3) is 3.68. The molecule has 0 amide bonds. The molecular formula is C11H18F2O2. The van der Waals surface area contributed by atoms with Gasteiger partial charge in [0.1, 0.15) is 5.78 Å². The molecule has 0 spiro atoms. The van der Waals surface area contributed by atoms with E-state index < -0.39 is 28.8 Å². The van der Waals surface area contributed by atoms with Gasteiger partial charge in [0.15, 0.2) is 0 Å². The zero-order valence-corrected chi connectivity index (χ0v) is 9.86. The molecule has 0 fully saturated rings. The fourth-order valence-electron chi connectivity index (χ4n) is 1.32. The molecule has 0 radical (unpaired) electrons. The Bertz CT molecular complexity index is 233. The first-order valence-electron chi connectivity index (χ1n) is 4.98. The molecule has 1 unspecified atom stereocenters. The molecule has 1 atom stereocenters. The van der Waals surface area contributed by atoms with E-state index in [1.807, 2.05) is 0 Å². The molecule has 88 valence electrons. The highest BCUT2D eigenvalue weighted by molar-refractivity contribution is 6.06. The Morgan fingerprint density at radius 1 is 1.07 bits per heavy atom. The summed E-state index contributed by atoms with van der Waals surface area (Å²) in [6.07, 6.45) is 0.123. The maximum Gasteiger partial charge on any atom is 0.303 e. The summed E-state index contributed by atoms with van der Waals surface area (Å²) < 4.78 is 25.6. The lowest BCUT2D eigenvalue weighted by atomic mass is 9.79. The van der Waals surface area contributed by atoms with Crippen LogP contribution in [0.15, 0.2) is 0 Å². The van der Waals surface area contributed by atoms with Gasteiger partial charge in [-0.15, -0.1) is 0 Å². The van der Waals surface area contributed by atoms with Crippen LogP contribution in [0.25, 0.3) is 0 Å². The van der Waals surface area contributed by atoms with Crippen LogP contribution in [-0.4, -0.2) is 17.5 Å². The van der Waals surface area contributed by atoms with Crippen molar-refractivity contribution < 1.29 is 18.4 Å². The highest BCUT2D eigenvalue weighted by atomic mass is 19.3. The first-order chi connectivity index (χ1) is 6.51. The number of alkyl halides is 2. The zero-order valence-electron chi connectivity index (χ0n) is 9.86. The summed E-state index contributed by atoms with van der Waals surface area (Å²) in [4.78, 5) is 23.0. The van der Waals surface area contributed by atoms with E-state index in [-0.39, 0.29) is 6.42 Å². The summed E-state index contributed by atoms with van der Waals surface area (Å²) in [5.41, 5.74) is -0.762. The molecule has 0 N–H and O–H groups in total. The Morgan fingerprint density at radius 3 is 1.67 bits per heavy atom. The fourth-order valence-corrected chi connectivity index (χ4v) is 1.32. The number of carbonyl (C=O) groups excluding carboxylic acids is 2. The van der Waals surface area contributed by atoms with Crippen LogP contribution >= 0.6 is 0 Å². The first-order valence-corrected chi connectivity index (χ1v) is 4.98. The summed E-state index contributed by atoms with van der Waals surface area (Å²) in [5, 5.41) is 0. The molecule has 0 aliphatic heterocycles. The van der Waals surface area contributed by atoms with E-state index in [0.717, 1.165) is 0 Å². The Morgan fingerprint density at radius 2 is 1.47 bits per heavy atom. The minimum Gasteiger partial charge on any atom is -0.298 e. The minimum absolute atomic E-state index is 0.123. The van der Waals surface area contributed by atoms with Crippen LogP contribution in [0.3, 0.4) is 0 Å². The Labute approximate surface area is 89.0 Å². The molecule has 0 rings (SSSR count). The standard InChI is InChI=1S/C11H18F2O2/c1-6-7(8(14)10(2,3)4)9(15)11(5,12)13/h7H,6H2,1-5H3. The van der Waals surface area contributed by atoms with E-state index in [1.165, 1.54) is 0 Å². The van der Waals surface area contributed by atoms with Crippen molar-refractivity contribution in [3.8, 4) is 0 Å². The normalized spacial score (nSPS) is 14.9. The smallest absolute Gasteiger partial charge is 0.298 e. The Balaban J connectivity index is 4.96. The molecule has 0 aromatic rings. The van der Waals surface area contributed by atoms with E-state index in [2.05, 4.69) is 0 Å². The van der Waals surface area contributed by atoms with Crippen molar-refractivity contribution in [2.24, 2.45) is 11.3 Å². The molecule has 0 bridgehead atoms. The highest BCUT2D eigenvalue weighted by Gasteiger charge is 2.43. The van der Waals surface area contributed by atoms with Crippen LogP contribution in [-0.2, 0) is 9.59 Å². The monoisotopic (exact) mass is 220 g/mol. The molecule has 0 aromatic heterocycles. The molecular weight excluding hydrogens is 202 g/mol. The zero-order chi connectivity index (χ0) is 12.4. The third-order valence-corrected chi connectivity index (χ3v) is 2.21. The first kappa shape index (κ1) is 14.2. The largest absolute Gasteiger partial charge is 0.303 e. The molecule has 15 heavy (non-hydrogen) atoms. The topological polar surface area (TPSA) is 34.1 Å². The number of rotatable bonds is 4. The van der Waals surface area contributed by atoms with Crippen LogP contribution in [0.4, 0.5) is 8.78 Å². The molecule has 2 nitrogen and oxygen atoms in total. The van der Waals surface area contributed by atoms with Crippen molar-refractivity contribution >= 4 is 11.6 Å². The van der Waals surface area contributed by atoms with Gasteiger partial charge in [-0.25, -0.2) is 0 Å². The van der Waals surface area contributed by atoms with Crippen LogP contribution < -0.4 is 0 Å².